The summed E-state index contributed by atoms with van der Waals surface area (Å²) >= 11 is 0. The second-order valence-corrected chi connectivity index (χ2v) is 9.62. The lowest BCUT2D eigenvalue weighted by molar-refractivity contribution is -0.120. The Labute approximate surface area is 209 Å². The van der Waals surface area contributed by atoms with Gasteiger partial charge < -0.3 is 20.7 Å². The van der Waals surface area contributed by atoms with E-state index >= 15 is 0 Å². The van der Waals surface area contributed by atoms with Gasteiger partial charge in [0, 0.05) is 23.8 Å². The molecule has 0 fully saturated rings. The van der Waals surface area contributed by atoms with Crippen LogP contribution in [0.25, 0.3) is 0 Å². The molecule has 1 aliphatic rings. The third kappa shape index (κ3) is 6.47. The van der Waals surface area contributed by atoms with Crippen LogP contribution in [-0.2, 0) is 16.1 Å². The Kier molecular flexibility index (Phi) is 7.77. The van der Waals surface area contributed by atoms with Gasteiger partial charge >= 0.3 is 6.09 Å². The lowest BCUT2D eigenvalue weighted by atomic mass is 10.1. The lowest BCUT2D eigenvalue weighted by Gasteiger charge is -2.19. The minimum absolute atomic E-state index is 0.215. The van der Waals surface area contributed by atoms with E-state index in [4.69, 9.17) is 4.74 Å². The van der Waals surface area contributed by atoms with Crippen LogP contribution >= 0.6 is 0 Å². The molecule has 5 amide bonds. The Morgan fingerprint density at radius 1 is 0.917 bits per heavy atom. The first kappa shape index (κ1) is 26.4. The van der Waals surface area contributed by atoms with Gasteiger partial charge in [-0.1, -0.05) is 12.1 Å². The summed E-state index contributed by atoms with van der Waals surface area (Å²) in [6, 6.07) is 11.0. The van der Waals surface area contributed by atoms with Gasteiger partial charge in [-0.3, -0.25) is 24.1 Å². The van der Waals surface area contributed by atoms with Crippen LogP contribution < -0.4 is 16.0 Å². The minimum atomic E-state index is -0.672. The molecule has 0 unspecified atom stereocenters. The van der Waals surface area contributed by atoms with Gasteiger partial charge in [-0.05, 0) is 70.5 Å². The second kappa shape index (κ2) is 10.6. The van der Waals surface area contributed by atoms with E-state index in [1.54, 1.807) is 58.9 Å². The molecule has 0 saturated heterocycles. The monoisotopic (exact) mass is 494 g/mol. The van der Waals surface area contributed by atoms with Gasteiger partial charge in [0.25, 0.3) is 17.7 Å². The maximum absolute atomic E-state index is 12.7. The predicted molar refractivity (Wildman–Crippen MR) is 133 cm³/mol. The number of alkyl carbamates (subject to hydrolysis) is 1. The zero-order valence-corrected chi connectivity index (χ0v) is 20.9. The number of fused-ring (bicyclic) bond motifs is 1. The molecular weight excluding hydrogens is 464 g/mol. The van der Waals surface area contributed by atoms with Gasteiger partial charge in [-0.15, -0.1) is 0 Å². The molecule has 0 aromatic heterocycles. The van der Waals surface area contributed by atoms with Gasteiger partial charge in [-0.2, -0.15) is 0 Å². The second-order valence-electron chi connectivity index (χ2n) is 9.62. The van der Waals surface area contributed by atoms with Crippen LogP contribution in [0.15, 0.2) is 42.5 Å². The van der Waals surface area contributed by atoms with Crippen molar-refractivity contribution in [2.24, 2.45) is 0 Å². The fourth-order valence-electron chi connectivity index (χ4n) is 3.51. The normalized spacial score (nSPS) is 12.9. The number of amides is 5. The predicted octanol–water partition coefficient (Wildman–Crippen LogP) is 3.08. The SMILES string of the molecule is CC(C)N1C(=O)c2ccc(C(=O)Nc3ccc(CNC(=O)CNC(=O)OC(C)(C)C)cc3)cc2C1=O. The molecule has 36 heavy (non-hydrogen) atoms. The highest BCUT2D eigenvalue weighted by atomic mass is 16.6. The van der Waals surface area contributed by atoms with Crippen LogP contribution in [0.2, 0.25) is 0 Å². The third-order valence-corrected chi connectivity index (χ3v) is 5.19. The lowest BCUT2D eigenvalue weighted by Crippen LogP contribution is -2.39. The number of carbonyl (C=O) groups is 5. The van der Waals surface area contributed by atoms with Crippen LogP contribution in [-0.4, -0.2) is 52.8 Å². The van der Waals surface area contributed by atoms with Crippen LogP contribution in [0.1, 0.15) is 71.3 Å². The summed E-state index contributed by atoms with van der Waals surface area (Å²) in [5.41, 5.74) is 1.42. The number of nitrogens with zero attached hydrogens (tertiary/aromatic N) is 1. The van der Waals surface area contributed by atoms with Crippen LogP contribution in [0.5, 0.6) is 0 Å². The number of benzene rings is 2. The van der Waals surface area contributed by atoms with Crippen LogP contribution in [0.4, 0.5) is 10.5 Å². The number of rotatable bonds is 7. The molecular formula is C26H30N4O6. The molecule has 3 rings (SSSR count). The first-order valence-corrected chi connectivity index (χ1v) is 11.5. The number of imide groups is 1. The molecule has 1 heterocycles. The number of hydrogen-bond donors (Lipinski definition) is 3. The molecule has 0 saturated carbocycles. The Balaban J connectivity index is 1.52. The summed E-state index contributed by atoms with van der Waals surface area (Å²) in [5.74, 6) is -1.57. The molecule has 190 valence electrons. The van der Waals surface area contributed by atoms with Gasteiger partial charge in [0.15, 0.2) is 0 Å². The highest BCUT2D eigenvalue weighted by Gasteiger charge is 2.37. The maximum Gasteiger partial charge on any atom is 0.408 e. The molecule has 0 atom stereocenters. The number of anilines is 1. The Bertz CT molecular complexity index is 1200. The highest BCUT2D eigenvalue weighted by molar-refractivity contribution is 6.22. The van der Waals surface area contributed by atoms with Gasteiger partial charge in [0.1, 0.15) is 12.1 Å². The summed E-state index contributed by atoms with van der Waals surface area (Å²) in [6.07, 6.45) is -0.672. The molecule has 2 aromatic rings. The van der Waals surface area contributed by atoms with Crippen molar-refractivity contribution in [1.29, 1.82) is 0 Å². The molecule has 0 spiro atoms. The molecule has 3 N–H and O–H groups in total. The summed E-state index contributed by atoms with van der Waals surface area (Å²) in [5, 5.41) is 7.83. The molecule has 2 aromatic carbocycles. The number of nitrogens with one attached hydrogen (secondary N) is 3. The molecule has 10 nitrogen and oxygen atoms in total. The van der Waals surface area contributed by atoms with Gasteiger partial charge in [0.2, 0.25) is 5.91 Å². The smallest absolute Gasteiger partial charge is 0.408 e. The number of carbonyl (C=O) groups excluding carboxylic acids is 5. The van der Waals surface area contributed by atoms with Gasteiger partial charge in [-0.25, -0.2) is 4.79 Å². The van der Waals surface area contributed by atoms with Crippen LogP contribution in [0.3, 0.4) is 0 Å². The van der Waals surface area contributed by atoms with E-state index in [0.717, 1.165) is 5.56 Å². The van der Waals surface area contributed by atoms with Crippen molar-refractivity contribution < 1.29 is 28.7 Å². The average Bonchev–Trinajstić information content (AvgIpc) is 3.05. The quantitative estimate of drug-likeness (QED) is 0.507. The number of hydrogen-bond acceptors (Lipinski definition) is 6. The fourth-order valence-corrected chi connectivity index (χ4v) is 3.51. The molecule has 0 aliphatic carbocycles. The van der Waals surface area contributed by atoms with Gasteiger partial charge in [0.05, 0.1) is 11.1 Å². The van der Waals surface area contributed by atoms with E-state index in [9.17, 15) is 24.0 Å². The minimum Gasteiger partial charge on any atom is -0.444 e. The maximum atomic E-state index is 12.7. The van der Waals surface area contributed by atoms with E-state index in [2.05, 4.69) is 16.0 Å². The summed E-state index contributed by atoms with van der Waals surface area (Å²) in [4.78, 5) is 62.4. The largest absolute Gasteiger partial charge is 0.444 e. The molecule has 10 heteroatoms. The van der Waals surface area contributed by atoms with Crippen molar-refractivity contribution in [2.75, 3.05) is 11.9 Å². The average molecular weight is 495 g/mol. The zero-order chi connectivity index (χ0) is 26.6. The van der Waals surface area contributed by atoms with Crippen molar-refractivity contribution in [3.8, 4) is 0 Å². The Morgan fingerprint density at radius 2 is 1.56 bits per heavy atom. The van der Waals surface area contributed by atoms with E-state index in [1.165, 1.54) is 23.1 Å². The molecule has 1 aliphatic heterocycles. The fraction of sp³-hybridized carbons (Fsp3) is 0.346. The van der Waals surface area contributed by atoms with E-state index < -0.39 is 23.5 Å². The van der Waals surface area contributed by atoms with Crippen LogP contribution in [0, 0.1) is 0 Å². The highest BCUT2D eigenvalue weighted by Crippen LogP contribution is 2.26. The summed E-state index contributed by atoms with van der Waals surface area (Å²) in [6.45, 7) is 8.72. The number of ether oxygens (including phenoxy) is 1. The first-order valence-electron chi connectivity index (χ1n) is 11.5. The topological polar surface area (TPSA) is 134 Å². The van der Waals surface area contributed by atoms with Crippen molar-refractivity contribution in [1.82, 2.24) is 15.5 Å². The standard InChI is InChI=1S/C26H30N4O6/c1-15(2)30-23(33)19-11-8-17(12-20(19)24(30)34)22(32)29-18-9-6-16(7-10-18)13-27-21(31)14-28-25(35)36-26(3,4)5/h6-12,15H,13-14H2,1-5H3,(H,27,31)(H,28,35)(H,29,32). The van der Waals surface area contributed by atoms with E-state index in [-0.39, 0.29) is 47.6 Å². The van der Waals surface area contributed by atoms with E-state index in [1.807, 2.05) is 0 Å². The van der Waals surface area contributed by atoms with Crippen molar-refractivity contribution in [3.63, 3.8) is 0 Å². The summed E-state index contributed by atoms with van der Waals surface area (Å²) < 4.78 is 5.08. The Morgan fingerprint density at radius 3 is 2.17 bits per heavy atom. The van der Waals surface area contributed by atoms with E-state index in [0.29, 0.717) is 5.69 Å². The van der Waals surface area contributed by atoms with Crippen molar-refractivity contribution in [2.45, 2.75) is 52.8 Å². The molecule has 0 bridgehead atoms. The first-order chi connectivity index (χ1) is 16.9. The zero-order valence-electron chi connectivity index (χ0n) is 20.9. The van der Waals surface area contributed by atoms with Crippen molar-refractivity contribution >= 4 is 35.4 Å². The Hall–Kier alpha value is -4.21. The molecule has 0 radical (unpaired) electrons. The third-order valence-electron chi connectivity index (χ3n) is 5.19. The summed E-state index contributed by atoms with van der Waals surface area (Å²) in [7, 11) is 0. The van der Waals surface area contributed by atoms with Crippen molar-refractivity contribution in [3.05, 3.63) is 64.7 Å².